The molecule has 1 atom stereocenters. The summed E-state index contributed by atoms with van der Waals surface area (Å²) in [4.78, 5) is 10.5. The van der Waals surface area contributed by atoms with Crippen LogP contribution in [-0.2, 0) is 6.54 Å². The van der Waals surface area contributed by atoms with E-state index in [-0.39, 0.29) is 11.9 Å². The SMILES string of the molecule is Nc1nccc2cc(O)ccc12.Nc1nccc2cc(O[C@H]3CCN(Cc4ccccc4)C3)ccc12. The second kappa shape index (κ2) is 10.5. The second-order valence-electron chi connectivity index (χ2n) is 8.93. The number of pyridine rings is 2. The fraction of sp³-hybridized carbons (Fsp3) is 0.172. The monoisotopic (exact) mass is 479 g/mol. The van der Waals surface area contributed by atoms with Crippen molar-refractivity contribution in [1.29, 1.82) is 0 Å². The summed E-state index contributed by atoms with van der Waals surface area (Å²) in [7, 11) is 0. The summed E-state index contributed by atoms with van der Waals surface area (Å²) in [5.41, 5.74) is 12.9. The van der Waals surface area contributed by atoms with Gasteiger partial charge in [0, 0.05) is 42.8 Å². The number of ether oxygens (including phenoxy) is 1. The summed E-state index contributed by atoms with van der Waals surface area (Å²) in [6.45, 7) is 3.02. The molecule has 36 heavy (non-hydrogen) atoms. The van der Waals surface area contributed by atoms with E-state index in [4.69, 9.17) is 21.3 Å². The number of phenolic OH excluding ortho intramolecular Hbond substituents is 1. The van der Waals surface area contributed by atoms with E-state index >= 15 is 0 Å². The van der Waals surface area contributed by atoms with Crippen molar-refractivity contribution < 1.29 is 9.84 Å². The van der Waals surface area contributed by atoms with Gasteiger partial charge in [0.15, 0.2) is 0 Å². The van der Waals surface area contributed by atoms with Crippen LogP contribution in [0, 0.1) is 0 Å². The van der Waals surface area contributed by atoms with Crippen LogP contribution < -0.4 is 16.2 Å². The van der Waals surface area contributed by atoms with Gasteiger partial charge < -0.3 is 21.3 Å². The minimum atomic E-state index is 0.241. The minimum Gasteiger partial charge on any atom is -0.508 e. The number of aromatic hydroxyl groups is 1. The third-order valence-corrected chi connectivity index (χ3v) is 6.33. The summed E-state index contributed by atoms with van der Waals surface area (Å²) >= 11 is 0. The lowest BCUT2D eigenvalue weighted by Gasteiger charge is -2.17. The Bertz CT molecular complexity index is 1480. The molecule has 1 fully saturated rings. The zero-order valence-electron chi connectivity index (χ0n) is 19.9. The molecule has 6 rings (SSSR count). The minimum absolute atomic E-state index is 0.241. The number of phenols is 1. The van der Waals surface area contributed by atoms with E-state index in [0.717, 1.165) is 53.3 Å². The lowest BCUT2D eigenvalue weighted by Crippen LogP contribution is -2.24. The van der Waals surface area contributed by atoms with Crippen molar-refractivity contribution in [3.05, 3.63) is 96.8 Å². The molecule has 3 heterocycles. The molecule has 3 aromatic carbocycles. The fourth-order valence-electron chi connectivity index (χ4n) is 4.51. The molecule has 0 unspecified atom stereocenters. The Morgan fingerprint density at radius 3 is 2.22 bits per heavy atom. The highest BCUT2D eigenvalue weighted by Gasteiger charge is 2.24. The average Bonchev–Trinajstić information content (AvgIpc) is 3.31. The number of nitrogen functional groups attached to an aromatic ring is 2. The maximum Gasteiger partial charge on any atom is 0.131 e. The summed E-state index contributed by atoms with van der Waals surface area (Å²) in [5.74, 6) is 2.20. The van der Waals surface area contributed by atoms with Gasteiger partial charge in [0.05, 0.1) is 0 Å². The van der Waals surface area contributed by atoms with Crippen molar-refractivity contribution in [1.82, 2.24) is 14.9 Å². The lowest BCUT2D eigenvalue weighted by molar-refractivity contribution is 0.198. The maximum atomic E-state index is 9.16. The van der Waals surface area contributed by atoms with Crippen LogP contribution in [0.3, 0.4) is 0 Å². The van der Waals surface area contributed by atoms with Crippen molar-refractivity contribution in [2.45, 2.75) is 19.1 Å². The van der Waals surface area contributed by atoms with E-state index in [1.165, 1.54) is 5.56 Å². The molecule has 5 aromatic rings. The topological polar surface area (TPSA) is 111 Å². The highest BCUT2D eigenvalue weighted by atomic mass is 16.5. The van der Waals surface area contributed by atoms with Crippen molar-refractivity contribution in [3.8, 4) is 11.5 Å². The number of benzene rings is 3. The Kier molecular flexibility index (Phi) is 6.82. The van der Waals surface area contributed by atoms with E-state index < -0.39 is 0 Å². The van der Waals surface area contributed by atoms with Crippen molar-refractivity contribution >= 4 is 33.2 Å². The van der Waals surface area contributed by atoms with Crippen LogP contribution in [0.2, 0.25) is 0 Å². The van der Waals surface area contributed by atoms with Crippen LogP contribution in [0.4, 0.5) is 11.6 Å². The van der Waals surface area contributed by atoms with Crippen LogP contribution in [0.5, 0.6) is 11.5 Å². The Balaban J connectivity index is 0.000000186. The number of rotatable bonds is 4. The molecule has 0 aliphatic carbocycles. The van der Waals surface area contributed by atoms with Gasteiger partial charge >= 0.3 is 0 Å². The molecule has 5 N–H and O–H groups in total. The number of likely N-dealkylation sites (tertiary alicyclic amines) is 1. The van der Waals surface area contributed by atoms with E-state index in [0.29, 0.717) is 11.6 Å². The number of aromatic nitrogens is 2. The quantitative estimate of drug-likeness (QED) is 0.333. The first-order valence-corrected chi connectivity index (χ1v) is 12.0. The predicted molar refractivity (Wildman–Crippen MR) is 145 cm³/mol. The van der Waals surface area contributed by atoms with Crippen LogP contribution in [-0.4, -0.2) is 39.2 Å². The summed E-state index contributed by atoms with van der Waals surface area (Å²) in [6, 6.07) is 25.4. The van der Waals surface area contributed by atoms with Gasteiger partial charge in [-0.3, -0.25) is 4.90 Å². The van der Waals surface area contributed by atoms with Crippen LogP contribution in [0.15, 0.2) is 91.3 Å². The first-order chi connectivity index (χ1) is 17.5. The molecule has 2 aromatic heterocycles. The number of fused-ring (bicyclic) bond motifs is 2. The van der Waals surface area contributed by atoms with Gasteiger partial charge in [0.1, 0.15) is 29.2 Å². The molecule has 1 aliphatic heterocycles. The van der Waals surface area contributed by atoms with Crippen LogP contribution in [0.25, 0.3) is 21.5 Å². The van der Waals surface area contributed by atoms with Gasteiger partial charge in [-0.25, -0.2) is 9.97 Å². The maximum absolute atomic E-state index is 9.16. The van der Waals surface area contributed by atoms with Gasteiger partial charge in [-0.05, 0) is 71.3 Å². The number of hydrogen-bond donors (Lipinski definition) is 3. The van der Waals surface area contributed by atoms with Crippen LogP contribution in [0.1, 0.15) is 12.0 Å². The van der Waals surface area contributed by atoms with Gasteiger partial charge in [0.2, 0.25) is 0 Å². The standard InChI is InChI=1S/C20H21N3O.C9H8N2O/c21-20-19-7-6-17(12-16(19)8-10-22-20)24-18-9-11-23(14-18)13-15-4-2-1-3-5-15;10-9-8-2-1-7(12)5-6(8)3-4-11-9/h1-8,10,12,18H,9,11,13-14H2,(H2,21,22);1-5,12H,(H2,10,11)/t18-;/m0./s1. The van der Waals surface area contributed by atoms with Crippen molar-refractivity contribution in [2.75, 3.05) is 24.6 Å². The Morgan fingerprint density at radius 1 is 0.833 bits per heavy atom. The summed E-state index contributed by atoms with van der Waals surface area (Å²) in [6.07, 6.45) is 4.66. The second-order valence-corrected chi connectivity index (χ2v) is 8.93. The zero-order chi connectivity index (χ0) is 24.9. The Morgan fingerprint density at radius 2 is 1.50 bits per heavy atom. The van der Waals surface area contributed by atoms with Crippen molar-refractivity contribution in [2.24, 2.45) is 0 Å². The van der Waals surface area contributed by atoms with Gasteiger partial charge in [0.25, 0.3) is 0 Å². The molecule has 0 amide bonds. The first kappa shape index (κ1) is 23.4. The first-order valence-electron chi connectivity index (χ1n) is 12.0. The molecule has 0 saturated carbocycles. The molecule has 7 nitrogen and oxygen atoms in total. The van der Waals surface area contributed by atoms with Gasteiger partial charge in [-0.15, -0.1) is 0 Å². The number of nitrogens with zero attached hydrogens (tertiary/aromatic N) is 3. The molecule has 0 spiro atoms. The average molecular weight is 480 g/mol. The largest absolute Gasteiger partial charge is 0.508 e. The molecule has 1 saturated heterocycles. The van der Waals surface area contributed by atoms with Crippen molar-refractivity contribution in [3.63, 3.8) is 0 Å². The van der Waals surface area contributed by atoms with E-state index in [1.54, 1.807) is 30.6 Å². The molecule has 182 valence electrons. The Labute approximate surface area is 210 Å². The van der Waals surface area contributed by atoms with Gasteiger partial charge in [-0.1, -0.05) is 30.3 Å². The zero-order valence-corrected chi connectivity index (χ0v) is 19.9. The molecular formula is C29H29N5O2. The summed E-state index contributed by atoms with van der Waals surface area (Å²) < 4.78 is 6.19. The molecule has 1 aliphatic rings. The molecule has 7 heteroatoms. The highest BCUT2D eigenvalue weighted by Crippen LogP contribution is 2.26. The normalized spacial score (nSPS) is 15.5. The van der Waals surface area contributed by atoms with E-state index in [1.807, 2.05) is 30.3 Å². The van der Waals surface area contributed by atoms with Gasteiger partial charge in [-0.2, -0.15) is 0 Å². The molecule has 0 bridgehead atoms. The molecular weight excluding hydrogens is 450 g/mol. The third kappa shape index (κ3) is 5.47. The number of anilines is 2. The third-order valence-electron chi connectivity index (χ3n) is 6.33. The summed E-state index contributed by atoms with van der Waals surface area (Å²) in [5, 5.41) is 13.0. The number of nitrogens with two attached hydrogens (primary N) is 2. The van der Waals surface area contributed by atoms with E-state index in [9.17, 15) is 0 Å². The number of hydrogen-bond acceptors (Lipinski definition) is 7. The molecule has 0 radical (unpaired) electrons. The highest BCUT2D eigenvalue weighted by molar-refractivity contribution is 5.92. The predicted octanol–water partition coefficient (Wildman–Crippen LogP) is 4.99. The van der Waals surface area contributed by atoms with Crippen LogP contribution >= 0.6 is 0 Å². The fourth-order valence-corrected chi connectivity index (χ4v) is 4.51. The van der Waals surface area contributed by atoms with E-state index in [2.05, 4.69) is 45.2 Å². The smallest absolute Gasteiger partial charge is 0.131 e. The Hall–Kier alpha value is -4.36. The lowest BCUT2D eigenvalue weighted by atomic mass is 10.1.